The Kier molecular flexibility index (Phi) is 9.03. The van der Waals surface area contributed by atoms with E-state index in [2.05, 4.69) is 46.5 Å². The number of aromatic nitrogens is 1. The second kappa shape index (κ2) is 12.0. The maximum absolute atomic E-state index is 10.6. The van der Waals surface area contributed by atoms with Gasteiger partial charge in [0.2, 0.25) is 0 Å². The van der Waals surface area contributed by atoms with Crippen LogP contribution in [0.25, 0.3) is 0 Å². The van der Waals surface area contributed by atoms with Crippen LogP contribution in [-0.2, 0) is 13.1 Å². The molecule has 0 spiro atoms. The lowest BCUT2D eigenvalue weighted by Gasteiger charge is -2.31. The molecule has 1 atom stereocenters. The highest BCUT2D eigenvalue weighted by molar-refractivity contribution is 5.29. The number of aliphatic hydroxyl groups is 1. The monoisotopic (exact) mass is 410 g/mol. The molecule has 0 amide bonds. The van der Waals surface area contributed by atoms with Gasteiger partial charge in [0.25, 0.3) is 0 Å². The van der Waals surface area contributed by atoms with E-state index in [-0.39, 0.29) is 6.10 Å². The number of benzene rings is 1. The van der Waals surface area contributed by atoms with Crippen molar-refractivity contribution in [3.63, 3.8) is 0 Å². The predicted octanol–water partition coefficient (Wildman–Crippen LogP) is 5.25. The van der Waals surface area contributed by atoms with Crippen LogP contribution in [0.4, 0.5) is 0 Å². The molecule has 1 aliphatic carbocycles. The first-order chi connectivity index (χ1) is 14.7. The van der Waals surface area contributed by atoms with Crippen molar-refractivity contribution in [2.75, 3.05) is 20.2 Å². The number of ether oxygens (including phenoxy) is 1. The molecule has 1 unspecified atom stereocenters. The summed E-state index contributed by atoms with van der Waals surface area (Å²) in [6, 6.07) is 12.6. The number of nitrogens with zero attached hydrogens (tertiary/aromatic N) is 2. The summed E-state index contributed by atoms with van der Waals surface area (Å²) in [5.41, 5.74) is 2.53. The van der Waals surface area contributed by atoms with E-state index >= 15 is 0 Å². The molecule has 0 radical (unpaired) electrons. The van der Waals surface area contributed by atoms with Crippen LogP contribution in [0.5, 0.6) is 5.75 Å². The Balaban J connectivity index is 1.68. The first kappa shape index (κ1) is 22.6. The fraction of sp³-hybridized carbons (Fsp3) is 0.538. The third-order valence-electron chi connectivity index (χ3n) is 6.21. The largest absolute Gasteiger partial charge is 0.497 e. The summed E-state index contributed by atoms with van der Waals surface area (Å²) < 4.78 is 7.70. The summed E-state index contributed by atoms with van der Waals surface area (Å²) in [5, 5.41) is 10.6. The van der Waals surface area contributed by atoms with Gasteiger partial charge in [-0.2, -0.15) is 0 Å². The normalized spacial score (nSPS) is 16.0. The highest BCUT2D eigenvalue weighted by atomic mass is 16.5. The van der Waals surface area contributed by atoms with Gasteiger partial charge in [-0.15, -0.1) is 6.58 Å². The Hall–Kier alpha value is -2.04. The lowest BCUT2D eigenvalue weighted by molar-refractivity contribution is 0.0864. The predicted molar refractivity (Wildman–Crippen MR) is 124 cm³/mol. The number of hydrogen-bond acceptors (Lipinski definition) is 3. The summed E-state index contributed by atoms with van der Waals surface area (Å²) in [5.74, 6) is 1.65. The van der Waals surface area contributed by atoms with Crippen molar-refractivity contribution in [2.45, 2.75) is 64.1 Å². The van der Waals surface area contributed by atoms with E-state index < -0.39 is 0 Å². The van der Waals surface area contributed by atoms with E-state index in [1.165, 1.54) is 43.4 Å². The van der Waals surface area contributed by atoms with E-state index in [1.807, 2.05) is 18.2 Å². The fourth-order valence-corrected chi connectivity index (χ4v) is 4.58. The van der Waals surface area contributed by atoms with Crippen LogP contribution in [0.15, 0.2) is 55.3 Å². The third kappa shape index (κ3) is 7.03. The van der Waals surface area contributed by atoms with Crippen LogP contribution >= 0.6 is 0 Å². The van der Waals surface area contributed by atoms with Crippen LogP contribution in [0.2, 0.25) is 0 Å². The molecule has 164 valence electrons. The van der Waals surface area contributed by atoms with Crippen LogP contribution in [-0.4, -0.2) is 40.9 Å². The third-order valence-corrected chi connectivity index (χ3v) is 6.21. The first-order valence-electron chi connectivity index (χ1n) is 11.5. The van der Waals surface area contributed by atoms with Gasteiger partial charge in [-0.1, -0.05) is 37.5 Å². The minimum Gasteiger partial charge on any atom is -0.497 e. The zero-order valence-corrected chi connectivity index (χ0v) is 18.5. The Morgan fingerprint density at radius 1 is 1.23 bits per heavy atom. The summed E-state index contributed by atoms with van der Waals surface area (Å²) in [6.45, 7) is 7.31. The lowest BCUT2D eigenvalue weighted by Crippen LogP contribution is -2.36. The van der Waals surface area contributed by atoms with E-state index in [0.717, 1.165) is 50.7 Å². The molecule has 0 aliphatic heterocycles. The highest BCUT2D eigenvalue weighted by Crippen LogP contribution is 2.25. The standard InChI is InChI=1S/C26H38N2O2/c1-3-4-14-25(29)21-27(18-22-10-6-5-7-11-22)20-24-13-9-16-28(24)19-23-12-8-15-26(17-23)30-2/h3,8-9,12-13,15-17,22,25,29H,1,4-7,10-11,14,18-21H2,2H3. The summed E-state index contributed by atoms with van der Waals surface area (Å²) in [4.78, 5) is 2.47. The van der Waals surface area contributed by atoms with Crippen molar-refractivity contribution in [1.82, 2.24) is 9.47 Å². The van der Waals surface area contributed by atoms with Crippen LogP contribution < -0.4 is 4.74 Å². The second-order valence-electron chi connectivity index (χ2n) is 8.70. The molecule has 1 N–H and O–H groups in total. The van der Waals surface area contributed by atoms with E-state index in [9.17, 15) is 5.11 Å². The molecule has 30 heavy (non-hydrogen) atoms. The second-order valence-corrected chi connectivity index (χ2v) is 8.70. The molecule has 4 heteroatoms. The first-order valence-corrected chi connectivity index (χ1v) is 11.5. The van der Waals surface area contributed by atoms with Gasteiger partial charge in [-0.05, 0) is 61.4 Å². The van der Waals surface area contributed by atoms with Crippen molar-refractivity contribution in [2.24, 2.45) is 5.92 Å². The fourth-order valence-electron chi connectivity index (χ4n) is 4.58. The quantitative estimate of drug-likeness (QED) is 0.485. The maximum Gasteiger partial charge on any atom is 0.119 e. The maximum atomic E-state index is 10.6. The molecular formula is C26H38N2O2. The van der Waals surface area contributed by atoms with E-state index in [4.69, 9.17) is 4.74 Å². The van der Waals surface area contributed by atoms with Gasteiger partial charge >= 0.3 is 0 Å². The van der Waals surface area contributed by atoms with Crippen LogP contribution in [0, 0.1) is 5.92 Å². The zero-order chi connectivity index (χ0) is 21.2. The van der Waals surface area contributed by atoms with Crippen molar-refractivity contribution < 1.29 is 9.84 Å². The molecule has 4 nitrogen and oxygen atoms in total. The highest BCUT2D eigenvalue weighted by Gasteiger charge is 2.20. The van der Waals surface area contributed by atoms with Gasteiger partial charge in [0.15, 0.2) is 0 Å². The van der Waals surface area contributed by atoms with E-state index in [1.54, 1.807) is 7.11 Å². The molecular weight excluding hydrogens is 372 g/mol. The molecule has 0 saturated heterocycles. The molecule has 3 rings (SSSR count). The van der Waals surface area contributed by atoms with Gasteiger partial charge in [0.1, 0.15) is 5.75 Å². The molecule has 1 fully saturated rings. The Labute approximate surface area is 182 Å². The van der Waals surface area contributed by atoms with Crippen molar-refractivity contribution in [3.8, 4) is 5.75 Å². The molecule has 1 aromatic heterocycles. The molecule has 1 aliphatic rings. The van der Waals surface area contributed by atoms with Crippen molar-refractivity contribution in [1.29, 1.82) is 0 Å². The number of rotatable bonds is 12. The molecule has 1 aromatic carbocycles. The number of allylic oxidation sites excluding steroid dienone is 1. The summed E-state index contributed by atoms with van der Waals surface area (Å²) in [7, 11) is 1.71. The van der Waals surface area contributed by atoms with Crippen molar-refractivity contribution >= 4 is 0 Å². The topological polar surface area (TPSA) is 37.6 Å². The number of aliphatic hydroxyl groups excluding tert-OH is 1. The molecule has 1 saturated carbocycles. The average Bonchev–Trinajstić information content (AvgIpc) is 3.19. The smallest absolute Gasteiger partial charge is 0.119 e. The van der Waals surface area contributed by atoms with Crippen molar-refractivity contribution in [3.05, 3.63) is 66.5 Å². The Morgan fingerprint density at radius 3 is 2.83 bits per heavy atom. The van der Waals surface area contributed by atoms with E-state index in [0.29, 0.717) is 0 Å². The number of hydrogen-bond donors (Lipinski definition) is 1. The Morgan fingerprint density at radius 2 is 2.07 bits per heavy atom. The zero-order valence-electron chi connectivity index (χ0n) is 18.5. The van der Waals surface area contributed by atoms with Gasteiger partial charge in [0.05, 0.1) is 13.2 Å². The van der Waals surface area contributed by atoms with Crippen LogP contribution in [0.3, 0.4) is 0 Å². The van der Waals surface area contributed by atoms with Crippen LogP contribution in [0.1, 0.15) is 56.2 Å². The van der Waals surface area contributed by atoms with Gasteiger partial charge < -0.3 is 14.4 Å². The number of methoxy groups -OCH3 is 1. The van der Waals surface area contributed by atoms with Gasteiger partial charge in [-0.3, -0.25) is 4.90 Å². The minimum absolute atomic E-state index is 0.298. The molecule has 1 heterocycles. The SMILES string of the molecule is C=CCCC(O)CN(Cc1cccn1Cc1cccc(OC)c1)CC1CCCCC1. The van der Waals surface area contributed by atoms with Gasteiger partial charge in [-0.25, -0.2) is 0 Å². The minimum atomic E-state index is -0.298. The summed E-state index contributed by atoms with van der Waals surface area (Å²) in [6.07, 6.45) is 12.1. The lowest BCUT2D eigenvalue weighted by atomic mass is 9.89. The summed E-state index contributed by atoms with van der Waals surface area (Å²) >= 11 is 0. The van der Waals surface area contributed by atoms with Gasteiger partial charge in [0, 0.05) is 38.1 Å². The Bertz CT molecular complexity index is 764. The molecule has 0 bridgehead atoms. The average molecular weight is 411 g/mol. The molecule has 2 aromatic rings.